The molecule has 3 heterocycles. The number of carbonyl (C=O) groups is 3. The van der Waals surface area contributed by atoms with E-state index in [1.54, 1.807) is 33.7 Å². The predicted molar refractivity (Wildman–Crippen MR) is 148 cm³/mol. The predicted octanol–water partition coefficient (Wildman–Crippen LogP) is 3.56. The van der Waals surface area contributed by atoms with Crippen molar-refractivity contribution in [3.05, 3.63) is 61.2 Å². The van der Waals surface area contributed by atoms with Crippen LogP contribution in [0.2, 0.25) is 0 Å². The molecule has 0 saturated carbocycles. The average molecular weight is 592 g/mol. The largest absolute Gasteiger partial charge is 0.465 e. The molecular formula is C28H35BrN2O5S. The van der Waals surface area contributed by atoms with Crippen LogP contribution >= 0.6 is 27.7 Å². The van der Waals surface area contributed by atoms with Crippen LogP contribution in [0.1, 0.15) is 31.2 Å². The maximum absolute atomic E-state index is 14.3. The maximum Gasteiger partial charge on any atom is 0.310 e. The summed E-state index contributed by atoms with van der Waals surface area (Å²) in [6.07, 6.45) is 5.67. The van der Waals surface area contributed by atoms with Gasteiger partial charge in [0.15, 0.2) is 0 Å². The Balaban J connectivity index is 1.69. The molecule has 1 N–H and O–H groups in total. The number of rotatable bonds is 13. The van der Waals surface area contributed by atoms with E-state index in [-0.39, 0.29) is 41.1 Å². The molecule has 3 saturated heterocycles. The van der Waals surface area contributed by atoms with E-state index in [2.05, 4.69) is 29.1 Å². The van der Waals surface area contributed by atoms with Gasteiger partial charge in [0, 0.05) is 36.3 Å². The fourth-order valence-corrected chi connectivity index (χ4v) is 9.61. The number of thioether (sulfide) groups is 1. The van der Waals surface area contributed by atoms with Crippen LogP contribution in [0.25, 0.3) is 0 Å². The lowest BCUT2D eigenvalue weighted by molar-refractivity contribution is -0.154. The summed E-state index contributed by atoms with van der Waals surface area (Å²) in [7, 11) is 0. The minimum absolute atomic E-state index is 0.00632. The molecule has 3 fully saturated rings. The molecule has 3 aliphatic heterocycles. The zero-order valence-corrected chi connectivity index (χ0v) is 23.4. The third-order valence-corrected chi connectivity index (χ3v) is 10.8. The highest BCUT2D eigenvalue weighted by Crippen LogP contribution is 2.68. The SMILES string of the molecule is C=CCCOC(=O)[C@H]1[C@H]2C(=O)N(CCCCO)C(C(=O)N(CC=C)Cc3ccccc3)C23CC(Br)[C@@H]1S3. The number of esters is 1. The van der Waals surface area contributed by atoms with Gasteiger partial charge in [-0.1, -0.05) is 58.4 Å². The first kappa shape index (κ1) is 27.9. The fourth-order valence-electron chi connectivity index (χ4n) is 6.02. The van der Waals surface area contributed by atoms with Crippen molar-refractivity contribution in [1.82, 2.24) is 9.80 Å². The number of hydrogen-bond donors (Lipinski definition) is 1. The van der Waals surface area contributed by atoms with E-state index >= 15 is 0 Å². The van der Waals surface area contributed by atoms with Gasteiger partial charge in [-0.25, -0.2) is 0 Å². The van der Waals surface area contributed by atoms with Gasteiger partial charge in [0.2, 0.25) is 11.8 Å². The van der Waals surface area contributed by atoms with Crippen molar-refractivity contribution in [3.8, 4) is 0 Å². The van der Waals surface area contributed by atoms with E-state index in [0.717, 1.165) is 5.56 Å². The Labute approximate surface area is 231 Å². The average Bonchev–Trinajstić information content (AvgIpc) is 3.48. The maximum atomic E-state index is 14.3. The molecule has 0 radical (unpaired) electrons. The minimum atomic E-state index is -0.718. The second-order valence-corrected chi connectivity index (χ2v) is 12.6. The Morgan fingerprint density at radius 2 is 2.00 bits per heavy atom. The van der Waals surface area contributed by atoms with Crippen LogP contribution in [0, 0.1) is 11.8 Å². The highest BCUT2D eigenvalue weighted by Gasteiger charge is 2.76. The number of likely N-dealkylation sites (tertiary alicyclic amines) is 1. The zero-order chi connectivity index (χ0) is 26.6. The number of alkyl halides is 1. The highest BCUT2D eigenvalue weighted by molar-refractivity contribution is 9.09. The van der Waals surface area contributed by atoms with Crippen molar-refractivity contribution in [2.24, 2.45) is 11.8 Å². The number of carbonyl (C=O) groups excluding carboxylic acids is 3. The van der Waals surface area contributed by atoms with Crippen molar-refractivity contribution in [3.63, 3.8) is 0 Å². The quantitative estimate of drug-likeness (QED) is 0.164. The first-order valence-corrected chi connectivity index (χ1v) is 14.6. The number of hydrogen-bond acceptors (Lipinski definition) is 6. The lowest BCUT2D eigenvalue weighted by atomic mass is 9.71. The van der Waals surface area contributed by atoms with Gasteiger partial charge in [-0.2, -0.15) is 0 Å². The number of ether oxygens (including phenoxy) is 1. The molecule has 2 bridgehead atoms. The van der Waals surface area contributed by atoms with E-state index in [9.17, 15) is 19.5 Å². The van der Waals surface area contributed by atoms with E-state index in [1.807, 2.05) is 30.3 Å². The molecule has 3 unspecified atom stereocenters. The summed E-state index contributed by atoms with van der Waals surface area (Å²) in [5.74, 6) is -1.88. The van der Waals surface area contributed by atoms with E-state index in [4.69, 9.17) is 4.74 Å². The van der Waals surface area contributed by atoms with Gasteiger partial charge in [0.25, 0.3) is 0 Å². The normalized spacial score (nSPS) is 29.7. The molecule has 7 nitrogen and oxygen atoms in total. The van der Waals surface area contributed by atoms with Gasteiger partial charge < -0.3 is 19.6 Å². The van der Waals surface area contributed by atoms with E-state index in [0.29, 0.717) is 45.3 Å². The van der Waals surface area contributed by atoms with Crippen LogP contribution < -0.4 is 0 Å². The lowest BCUT2D eigenvalue weighted by Crippen LogP contribution is -2.55. The van der Waals surface area contributed by atoms with Gasteiger partial charge in [-0.15, -0.1) is 24.9 Å². The van der Waals surface area contributed by atoms with Gasteiger partial charge in [-0.3, -0.25) is 14.4 Å². The Hall–Kier alpha value is -2.10. The molecule has 0 aromatic heterocycles. The summed E-state index contributed by atoms with van der Waals surface area (Å²) >= 11 is 5.38. The second-order valence-electron chi connectivity index (χ2n) is 9.86. The van der Waals surface area contributed by atoms with Gasteiger partial charge in [-0.05, 0) is 31.2 Å². The molecule has 37 heavy (non-hydrogen) atoms. The first-order valence-electron chi connectivity index (χ1n) is 12.8. The smallest absolute Gasteiger partial charge is 0.310 e. The Morgan fingerprint density at radius 3 is 2.68 bits per heavy atom. The molecule has 200 valence electrons. The van der Waals surface area contributed by atoms with Crippen LogP contribution in [0.15, 0.2) is 55.6 Å². The number of halogens is 1. The first-order chi connectivity index (χ1) is 17.9. The van der Waals surface area contributed by atoms with E-state index in [1.165, 1.54) is 0 Å². The summed E-state index contributed by atoms with van der Waals surface area (Å²) in [6.45, 7) is 8.89. The molecule has 0 aliphatic carbocycles. The number of fused-ring (bicyclic) bond motifs is 1. The van der Waals surface area contributed by atoms with Gasteiger partial charge >= 0.3 is 5.97 Å². The molecule has 9 heteroatoms. The minimum Gasteiger partial charge on any atom is -0.465 e. The fraction of sp³-hybridized carbons (Fsp3) is 0.536. The van der Waals surface area contributed by atoms with Crippen molar-refractivity contribution in [2.45, 2.75) is 53.1 Å². The number of amides is 2. The standard InChI is InChI=1S/C28H35BrN2O5S/c1-3-5-16-36-27(35)21-22-25(33)31(14-9-10-15-32)24(28(22)17-20(29)23(21)37-28)26(34)30(13-4-2)18-19-11-7-6-8-12-19/h3-4,6-8,11-12,20-24,32H,1-2,5,9-10,13-18H2/t20?,21-,22-,23-,24?,28?/m0/s1. The van der Waals surface area contributed by atoms with Crippen LogP contribution in [-0.4, -0.2) is 79.9 Å². The summed E-state index contributed by atoms with van der Waals surface area (Å²) in [5.41, 5.74) is 0.994. The Morgan fingerprint density at radius 1 is 1.24 bits per heavy atom. The number of unbranched alkanes of at least 4 members (excludes halogenated alkanes) is 1. The molecule has 1 aromatic rings. The molecule has 4 rings (SSSR count). The summed E-state index contributed by atoms with van der Waals surface area (Å²) in [6, 6.07) is 9.06. The van der Waals surface area contributed by atoms with Crippen LogP contribution in [-0.2, 0) is 25.7 Å². The summed E-state index contributed by atoms with van der Waals surface area (Å²) in [5, 5.41) is 9.22. The number of aliphatic hydroxyl groups is 1. The van der Waals surface area contributed by atoms with Crippen molar-refractivity contribution in [1.29, 1.82) is 0 Å². The van der Waals surface area contributed by atoms with Crippen molar-refractivity contribution < 1.29 is 24.2 Å². The topological polar surface area (TPSA) is 87.1 Å². The van der Waals surface area contributed by atoms with Gasteiger partial charge in [0.1, 0.15) is 6.04 Å². The lowest BCUT2D eigenvalue weighted by Gasteiger charge is -2.38. The monoisotopic (exact) mass is 590 g/mol. The van der Waals surface area contributed by atoms with Gasteiger partial charge in [0.05, 0.1) is 23.2 Å². The Kier molecular flexibility index (Phi) is 9.19. The molecule has 6 atom stereocenters. The van der Waals surface area contributed by atoms with Crippen LogP contribution in [0.3, 0.4) is 0 Å². The number of aliphatic hydroxyl groups excluding tert-OH is 1. The zero-order valence-electron chi connectivity index (χ0n) is 21.0. The molecule has 1 aromatic carbocycles. The van der Waals surface area contributed by atoms with Crippen molar-refractivity contribution >= 4 is 45.5 Å². The van der Waals surface area contributed by atoms with E-state index < -0.39 is 22.6 Å². The van der Waals surface area contributed by atoms with Crippen molar-refractivity contribution in [2.75, 3.05) is 26.3 Å². The summed E-state index contributed by atoms with van der Waals surface area (Å²) < 4.78 is 4.84. The third-order valence-electron chi connectivity index (χ3n) is 7.55. The summed E-state index contributed by atoms with van der Waals surface area (Å²) in [4.78, 5) is 45.0. The molecule has 2 amide bonds. The molecule has 3 aliphatic rings. The second kappa shape index (κ2) is 12.2. The third kappa shape index (κ3) is 5.27. The molecule has 1 spiro atoms. The number of nitrogens with zero attached hydrogens (tertiary/aromatic N) is 2. The highest BCUT2D eigenvalue weighted by atomic mass is 79.9. The van der Waals surface area contributed by atoms with Crippen LogP contribution in [0.5, 0.6) is 0 Å². The van der Waals surface area contributed by atoms with Crippen LogP contribution in [0.4, 0.5) is 0 Å². The number of benzene rings is 1. The molecular weight excluding hydrogens is 556 g/mol. The Bertz CT molecular complexity index is 1020.